The maximum atomic E-state index is 11.9. The third kappa shape index (κ3) is 8.21. The van der Waals surface area contributed by atoms with Gasteiger partial charge in [-0.3, -0.25) is 15.6 Å². The van der Waals surface area contributed by atoms with Crippen LogP contribution in [0.3, 0.4) is 0 Å². The van der Waals surface area contributed by atoms with Crippen LogP contribution in [-0.2, 0) is 0 Å². The molecular formula is C17H25N3O2S. The lowest BCUT2D eigenvalue weighted by atomic mass is 10.2. The average Bonchev–Trinajstić information content (AvgIpc) is 2.58. The molecule has 1 rings (SSSR count). The predicted octanol–water partition coefficient (Wildman–Crippen LogP) is 2.94. The van der Waals surface area contributed by atoms with Gasteiger partial charge in [0.25, 0.3) is 5.91 Å². The molecule has 5 nitrogen and oxygen atoms in total. The predicted molar refractivity (Wildman–Crippen MR) is 97.5 cm³/mol. The fourth-order valence-corrected chi connectivity index (χ4v) is 1.95. The molecule has 6 heteroatoms. The number of hydrazine groups is 1. The van der Waals surface area contributed by atoms with Crippen molar-refractivity contribution >= 4 is 23.2 Å². The highest BCUT2D eigenvalue weighted by molar-refractivity contribution is 7.80. The summed E-state index contributed by atoms with van der Waals surface area (Å²) in [6.07, 6.45) is 6.36. The number of rotatable bonds is 9. The van der Waals surface area contributed by atoms with Crippen molar-refractivity contribution in [1.82, 2.24) is 16.2 Å². The summed E-state index contributed by atoms with van der Waals surface area (Å²) in [7, 11) is 0. The Morgan fingerprint density at radius 1 is 1.22 bits per heavy atom. The van der Waals surface area contributed by atoms with E-state index in [0.29, 0.717) is 23.8 Å². The van der Waals surface area contributed by atoms with Gasteiger partial charge in [-0.2, -0.15) is 0 Å². The normalized spacial score (nSPS) is 9.78. The minimum atomic E-state index is -0.262. The van der Waals surface area contributed by atoms with Gasteiger partial charge in [0.1, 0.15) is 5.75 Å². The summed E-state index contributed by atoms with van der Waals surface area (Å²) in [4.78, 5) is 11.9. The number of unbranched alkanes of at least 4 members (excludes halogenated alkanes) is 3. The molecule has 0 aliphatic heterocycles. The second-order valence-corrected chi connectivity index (χ2v) is 5.42. The van der Waals surface area contributed by atoms with Crippen molar-refractivity contribution in [3.63, 3.8) is 0 Å². The Morgan fingerprint density at radius 2 is 1.96 bits per heavy atom. The fraction of sp³-hybridized carbons (Fsp3) is 0.412. The number of hydrogen-bond donors (Lipinski definition) is 3. The van der Waals surface area contributed by atoms with Crippen LogP contribution in [0, 0.1) is 0 Å². The molecule has 0 saturated heterocycles. The van der Waals surface area contributed by atoms with E-state index >= 15 is 0 Å². The van der Waals surface area contributed by atoms with Gasteiger partial charge >= 0.3 is 0 Å². The molecule has 0 fully saturated rings. The molecule has 1 aromatic carbocycles. The molecule has 0 bridgehead atoms. The lowest BCUT2D eigenvalue weighted by Crippen LogP contribution is -2.46. The van der Waals surface area contributed by atoms with Gasteiger partial charge in [0.2, 0.25) is 0 Å². The smallest absolute Gasteiger partial charge is 0.269 e. The van der Waals surface area contributed by atoms with E-state index in [1.54, 1.807) is 30.3 Å². The summed E-state index contributed by atoms with van der Waals surface area (Å²) in [6.45, 7) is 6.99. The maximum Gasteiger partial charge on any atom is 0.269 e. The summed E-state index contributed by atoms with van der Waals surface area (Å²) >= 11 is 4.98. The van der Waals surface area contributed by atoms with E-state index < -0.39 is 0 Å². The van der Waals surface area contributed by atoms with Gasteiger partial charge in [-0.05, 0) is 42.9 Å². The van der Waals surface area contributed by atoms with Crippen LogP contribution in [0.1, 0.15) is 43.0 Å². The topological polar surface area (TPSA) is 62.4 Å². The zero-order valence-corrected chi connectivity index (χ0v) is 14.4. The number of ether oxygens (including phenoxy) is 1. The Morgan fingerprint density at radius 3 is 2.61 bits per heavy atom. The van der Waals surface area contributed by atoms with Crippen molar-refractivity contribution in [3.05, 3.63) is 42.5 Å². The second kappa shape index (κ2) is 11.5. The Bertz CT molecular complexity index is 503. The van der Waals surface area contributed by atoms with E-state index in [-0.39, 0.29) is 5.91 Å². The van der Waals surface area contributed by atoms with Gasteiger partial charge in [-0.25, -0.2) is 0 Å². The van der Waals surface area contributed by atoms with E-state index in [2.05, 4.69) is 29.7 Å². The van der Waals surface area contributed by atoms with E-state index in [1.807, 2.05) is 0 Å². The van der Waals surface area contributed by atoms with Crippen molar-refractivity contribution < 1.29 is 9.53 Å². The molecule has 1 aromatic rings. The van der Waals surface area contributed by atoms with Gasteiger partial charge in [-0.1, -0.05) is 32.3 Å². The van der Waals surface area contributed by atoms with Crippen LogP contribution in [0.15, 0.2) is 36.9 Å². The number of nitrogens with one attached hydrogen (secondary N) is 3. The standard InChI is InChI=1S/C17H25N3O2S/c1-3-5-6-7-13-22-15-10-8-14(9-11-15)16(21)19-20-17(23)18-12-4-2/h4,8-11H,2-3,5-7,12-13H2,1H3,(H,19,21)(H2,18,20,23). The van der Waals surface area contributed by atoms with Gasteiger partial charge in [-0.15, -0.1) is 6.58 Å². The first-order valence-corrected chi connectivity index (χ1v) is 8.26. The highest BCUT2D eigenvalue weighted by Gasteiger charge is 2.05. The molecule has 0 heterocycles. The summed E-state index contributed by atoms with van der Waals surface area (Å²) in [5.41, 5.74) is 5.68. The van der Waals surface area contributed by atoms with Crippen LogP contribution in [0.25, 0.3) is 0 Å². The van der Waals surface area contributed by atoms with Gasteiger partial charge in [0.15, 0.2) is 5.11 Å². The first-order valence-electron chi connectivity index (χ1n) is 7.85. The van der Waals surface area contributed by atoms with Crippen LogP contribution in [0.5, 0.6) is 5.75 Å². The highest BCUT2D eigenvalue weighted by atomic mass is 32.1. The number of carbonyl (C=O) groups excluding carboxylic acids is 1. The Kier molecular flexibility index (Phi) is 9.47. The second-order valence-electron chi connectivity index (χ2n) is 5.01. The minimum Gasteiger partial charge on any atom is -0.494 e. The maximum absolute atomic E-state index is 11.9. The molecule has 1 amide bonds. The fourth-order valence-electron chi connectivity index (χ4n) is 1.82. The molecule has 126 valence electrons. The van der Waals surface area contributed by atoms with Crippen LogP contribution < -0.4 is 20.9 Å². The lowest BCUT2D eigenvalue weighted by Gasteiger charge is -2.11. The zero-order valence-electron chi connectivity index (χ0n) is 13.6. The highest BCUT2D eigenvalue weighted by Crippen LogP contribution is 2.13. The number of carbonyl (C=O) groups is 1. The Balaban J connectivity index is 2.33. The molecule has 3 N–H and O–H groups in total. The number of thiocarbonyl (C=S) groups is 1. The van der Waals surface area contributed by atoms with Crippen molar-refractivity contribution in [2.75, 3.05) is 13.2 Å². The summed E-state index contributed by atoms with van der Waals surface area (Å²) in [5.74, 6) is 0.511. The summed E-state index contributed by atoms with van der Waals surface area (Å²) in [6, 6.07) is 7.03. The summed E-state index contributed by atoms with van der Waals surface area (Å²) < 4.78 is 5.64. The molecule has 0 spiro atoms. The van der Waals surface area contributed by atoms with Crippen LogP contribution in [-0.4, -0.2) is 24.2 Å². The molecule has 0 atom stereocenters. The monoisotopic (exact) mass is 335 g/mol. The third-order valence-corrected chi connectivity index (χ3v) is 3.33. The summed E-state index contributed by atoms with van der Waals surface area (Å²) in [5, 5.41) is 3.19. The number of hydrogen-bond acceptors (Lipinski definition) is 3. The molecule has 0 radical (unpaired) electrons. The van der Waals surface area contributed by atoms with E-state index in [4.69, 9.17) is 17.0 Å². The average molecular weight is 335 g/mol. The minimum absolute atomic E-state index is 0.262. The molecule has 0 saturated carbocycles. The van der Waals surface area contributed by atoms with Gasteiger partial charge < -0.3 is 10.1 Å². The Hall–Kier alpha value is -2.08. The van der Waals surface area contributed by atoms with Crippen molar-refractivity contribution in [1.29, 1.82) is 0 Å². The molecule has 0 aliphatic carbocycles. The third-order valence-electron chi connectivity index (χ3n) is 3.08. The SMILES string of the molecule is C=CCNC(=S)NNC(=O)c1ccc(OCCCCCC)cc1. The van der Waals surface area contributed by atoms with E-state index in [9.17, 15) is 4.79 Å². The van der Waals surface area contributed by atoms with Gasteiger partial charge in [0, 0.05) is 12.1 Å². The van der Waals surface area contributed by atoms with E-state index in [0.717, 1.165) is 12.2 Å². The quantitative estimate of drug-likeness (QED) is 0.280. The van der Waals surface area contributed by atoms with Crippen LogP contribution in [0.4, 0.5) is 0 Å². The molecular weight excluding hydrogens is 310 g/mol. The van der Waals surface area contributed by atoms with Crippen LogP contribution >= 0.6 is 12.2 Å². The number of benzene rings is 1. The first-order chi connectivity index (χ1) is 11.2. The van der Waals surface area contributed by atoms with E-state index in [1.165, 1.54) is 19.3 Å². The molecule has 23 heavy (non-hydrogen) atoms. The largest absolute Gasteiger partial charge is 0.494 e. The Labute approximate surface area is 143 Å². The number of amides is 1. The zero-order chi connectivity index (χ0) is 16.9. The van der Waals surface area contributed by atoms with Crippen molar-refractivity contribution in [2.45, 2.75) is 32.6 Å². The van der Waals surface area contributed by atoms with Crippen LogP contribution in [0.2, 0.25) is 0 Å². The van der Waals surface area contributed by atoms with Crippen molar-refractivity contribution in [2.24, 2.45) is 0 Å². The van der Waals surface area contributed by atoms with Crippen molar-refractivity contribution in [3.8, 4) is 5.75 Å². The molecule has 0 aliphatic rings. The van der Waals surface area contributed by atoms with Gasteiger partial charge in [0.05, 0.1) is 6.61 Å². The molecule has 0 aromatic heterocycles. The lowest BCUT2D eigenvalue weighted by molar-refractivity contribution is 0.0943. The molecule has 0 unspecified atom stereocenters. The first kappa shape index (κ1) is 19.0.